The summed E-state index contributed by atoms with van der Waals surface area (Å²) in [5.41, 5.74) is 2.34. The lowest BCUT2D eigenvalue weighted by molar-refractivity contribution is 0.412. The second kappa shape index (κ2) is 3.88. The molecule has 0 radical (unpaired) electrons. The van der Waals surface area contributed by atoms with Gasteiger partial charge in [-0.05, 0) is 45.5 Å². The third-order valence-electron chi connectivity index (χ3n) is 2.51. The Labute approximate surface area is 103 Å². The molecule has 0 fully saturated rings. The molecule has 0 saturated heterocycles. The van der Waals surface area contributed by atoms with E-state index < -0.39 is 0 Å². The minimum atomic E-state index is -0.200. The van der Waals surface area contributed by atoms with E-state index in [1.165, 1.54) is 11.6 Å². The van der Waals surface area contributed by atoms with Gasteiger partial charge in [-0.25, -0.2) is 4.39 Å². The molecule has 0 amide bonds. The van der Waals surface area contributed by atoms with Gasteiger partial charge < -0.3 is 4.98 Å². The molecule has 86 valence electrons. The van der Waals surface area contributed by atoms with Crippen LogP contribution in [0.3, 0.4) is 0 Å². The highest BCUT2D eigenvalue weighted by molar-refractivity contribution is 9.10. The molecule has 1 heterocycles. The summed E-state index contributed by atoms with van der Waals surface area (Å²) in [6.45, 7) is 6.54. The zero-order valence-electron chi connectivity index (χ0n) is 9.70. The molecular weight excluding hydrogens is 269 g/mol. The largest absolute Gasteiger partial charge is 0.360 e. The lowest BCUT2D eigenvalue weighted by Crippen LogP contribution is -2.08. The highest BCUT2D eigenvalue weighted by Gasteiger charge is 2.15. The molecule has 1 aromatic carbocycles. The Bertz CT molecular complexity index is 522. The first-order valence-corrected chi connectivity index (χ1v) is 6.11. The van der Waals surface area contributed by atoms with E-state index in [1.807, 2.05) is 6.20 Å². The summed E-state index contributed by atoms with van der Waals surface area (Å²) in [5, 5.41) is 0.974. The second-order valence-corrected chi connectivity index (χ2v) is 6.22. The number of rotatable bonds is 1. The van der Waals surface area contributed by atoms with Crippen molar-refractivity contribution in [2.75, 3.05) is 0 Å². The van der Waals surface area contributed by atoms with E-state index in [2.05, 4.69) is 41.7 Å². The average molecular weight is 284 g/mol. The molecule has 0 saturated carbocycles. The normalized spacial score (nSPS) is 12.3. The van der Waals surface area contributed by atoms with Gasteiger partial charge in [0.15, 0.2) is 0 Å². The maximum atomic E-state index is 13.3. The standard InChI is InChI=1S/C13H15BrFN/c1-13(2,3)6-8-7-16-12-10(8)4-9(15)5-11(12)14/h4-5,7,16H,6H2,1-3H3. The fraction of sp³-hybridized carbons (Fsp3) is 0.385. The molecule has 0 aliphatic carbocycles. The topological polar surface area (TPSA) is 15.8 Å². The zero-order chi connectivity index (χ0) is 11.9. The highest BCUT2D eigenvalue weighted by Crippen LogP contribution is 2.30. The third-order valence-corrected chi connectivity index (χ3v) is 3.14. The van der Waals surface area contributed by atoms with Gasteiger partial charge in [0.05, 0.1) is 5.52 Å². The van der Waals surface area contributed by atoms with Crippen LogP contribution in [0.1, 0.15) is 26.3 Å². The van der Waals surface area contributed by atoms with E-state index in [1.54, 1.807) is 6.07 Å². The number of hydrogen-bond donors (Lipinski definition) is 1. The molecule has 3 heteroatoms. The maximum Gasteiger partial charge on any atom is 0.125 e. The van der Waals surface area contributed by atoms with Crippen LogP contribution in [0.4, 0.5) is 4.39 Å². The van der Waals surface area contributed by atoms with Crippen LogP contribution < -0.4 is 0 Å². The first kappa shape index (κ1) is 11.6. The molecule has 0 aliphatic heterocycles. The molecule has 0 spiro atoms. The van der Waals surface area contributed by atoms with Crippen molar-refractivity contribution in [1.82, 2.24) is 4.98 Å². The van der Waals surface area contributed by atoms with E-state index in [0.29, 0.717) is 0 Å². The highest BCUT2D eigenvalue weighted by atomic mass is 79.9. The number of hydrogen-bond acceptors (Lipinski definition) is 0. The monoisotopic (exact) mass is 283 g/mol. The molecular formula is C13H15BrFN. The molecule has 2 aromatic rings. The minimum absolute atomic E-state index is 0.200. The fourth-order valence-corrected chi connectivity index (χ4v) is 2.47. The summed E-state index contributed by atoms with van der Waals surface area (Å²) >= 11 is 3.37. The lowest BCUT2D eigenvalue weighted by Gasteiger charge is -2.17. The summed E-state index contributed by atoms with van der Waals surface area (Å²) in [4.78, 5) is 3.19. The zero-order valence-corrected chi connectivity index (χ0v) is 11.3. The molecule has 1 aromatic heterocycles. The number of fused-ring (bicyclic) bond motifs is 1. The second-order valence-electron chi connectivity index (χ2n) is 5.36. The third kappa shape index (κ3) is 2.29. The van der Waals surface area contributed by atoms with Crippen molar-refractivity contribution in [3.05, 3.63) is 34.2 Å². The predicted molar refractivity (Wildman–Crippen MR) is 69.1 cm³/mol. The number of aromatic amines is 1. The molecule has 0 unspecified atom stereocenters. The smallest absolute Gasteiger partial charge is 0.125 e. The molecule has 0 bridgehead atoms. The van der Waals surface area contributed by atoms with Gasteiger partial charge in [-0.1, -0.05) is 20.8 Å². The van der Waals surface area contributed by atoms with Gasteiger partial charge in [-0.15, -0.1) is 0 Å². The van der Waals surface area contributed by atoms with Crippen molar-refractivity contribution in [2.45, 2.75) is 27.2 Å². The molecule has 1 nitrogen and oxygen atoms in total. The van der Waals surface area contributed by atoms with Gasteiger partial charge >= 0.3 is 0 Å². The molecule has 1 N–H and O–H groups in total. The van der Waals surface area contributed by atoms with Gasteiger partial charge in [0.1, 0.15) is 5.82 Å². The number of aromatic nitrogens is 1. The van der Waals surface area contributed by atoms with Crippen molar-refractivity contribution in [1.29, 1.82) is 0 Å². The van der Waals surface area contributed by atoms with Crippen LogP contribution >= 0.6 is 15.9 Å². The average Bonchev–Trinajstić information content (AvgIpc) is 2.46. The van der Waals surface area contributed by atoms with Crippen molar-refractivity contribution >= 4 is 26.8 Å². The molecule has 0 atom stereocenters. The van der Waals surface area contributed by atoms with Gasteiger partial charge in [0.2, 0.25) is 0 Å². The Kier molecular flexibility index (Phi) is 2.82. The summed E-state index contributed by atoms with van der Waals surface area (Å²) < 4.78 is 14.1. The van der Waals surface area contributed by atoms with Crippen LogP contribution in [0.5, 0.6) is 0 Å². The Morgan fingerprint density at radius 1 is 1.31 bits per heavy atom. The van der Waals surface area contributed by atoms with Crippen LogP contribution in [0.15, 0.2) is 22.8 Å². The van der Waals surface area contributed by atoms with Crippen molar-refractivity contribution in [2.24, 2.45) is 5.41 Å². The van der Waals surface area contributed by atoms with Crippen molar-refractivity contribution in [3.63, 3.8) is 0 Å². The molecule has 2 rings (SSSR count). The SMILES string of the molecule is CC(C)(C)Cc1c[nH]c2c(Br)cc(F)cc12. The van der Waals surface area contributed by atoms with Gasteiger partial charge in [0, 0.05) is 16.1 Å². The number of nitrogens with one attached hydrogen (secondary N) is 1. The minimum Gasteiger partial charge on any atom is -0.360 e. The van der Waals surface area contributed by atoms with E-state index >= 15 is 0 Å². The summed E-state index contributed by atoms with van der Waals surface area (Å²) in [6.07, 6.45) is 2.91. The fourth-order valence-electron chi connectivity index (χ4n) is 1.93. The Hall–Kier alpha value is -0.830. The van der Waals surface area contributed by atoms with Crippen LogP contribution in [0, 0.1) is 11.2 Å². The van der Waals surface area contributed by atoms with Crippen LogP contribution in [0.2, 0.25) is 0 Å². The van der Waals surface area contributed by atoms with E-state index in [9.17, 15) is 4.39 Å². The Balaban J connectivity index is 2.56. The van der Waals surface area contributed by atoms with Gasteiger partial charge in [0.25, 0.3) is 0 Å². The van der Waals surface area contributed by atoms with Gasteiger partial charge in [-0.2, -0.15) is 0 Å². The summed E-state index contributed by atoms with van der Waals surface area (Å²) in [5.74, 6) is -0.200. The maximum absolute atomic E-state index is 13.3. The summed E-state index contributed by atoms with van der Waals surface area (Å²) in [6, 6.07) is 3.08. The van der Waals surface area contributed by atoms with E-state index in [4.69, 9.17) is 0 Å². The van der Waals surface area contributed by atoms with E-state index in [-0.39, 0.29) is 11.2 Å². The van der Waals surface area contributed by atoms with Crippen LogP contribution in [0.25, 0.3) is 10.9 Å². The number of H-pyrrole nitrogens is 1. The quantitative estimate of drug-likeness (QED) is 0.784. The lowest BCUT2D eigenvalue weighted by atomic mass is 9.88. The summed E-state index contributed by atoms with van der Waals surface area (Å²) in [7, 11) is 0. The predicted octanol–water partition coefficient (Wildman–Crippen LogP) is 4.66. The number of benzene rings is 1. The van der Waals surface area contributed by atoms with Gasteiger partial charge in [-0.3, -0.25) is 0 Å². The Morgan fingerprint density at radius 2 is 2.00 bits per heavy atom. The van der Waals surface area contributed by atoms with Crippen LogP contribution in [-0.2, 0) is 6.42 Å². The van der Waals surface area contributed by atoms with Crippen molar-refractivity contribution < 1.29 is 4.39 Å². The first-order chi connectivity index (χ1) is 7.37. The Morgan fingerprint density at radius 3 is 2.62 bits per heavy atom. The molecule has 16 heavy (non-hydrogen) atoms. The van der Waals surface area contributed by atoms with Crippen LogP contribution in [-0.4, -0.2) is 4.98 Å². The first-order valence-electron chi connectivity index (χ1n) is 5.32. The van der Waals surface area contributed by atoms with E-state index in [0.717, 1.165) is 21.8 Å². The van der Waals surface area contributed by atoms with Crippen molar-refractivity contribution in [3.8, 4) is 0 Å². The number of halogens is 2. The molecule has 0 aliphatic rings.